The van der Waals surface area contributed by atoms with E-state index in [0.29, 0.717) is 18.3 Å². The molecular formula is C17H24N2O2. The summed E-state index contributed by atoms with van der Waals surface area (Å²) in [6, 6.07) is 9.88. The number of likely N-dealkylation sites (N-methyl/N-ethyl adjacent to an activating group) is 2. The average Bonchev–Trinajstić information content (AvgIpc) is 2.87. The monoisotopic (exact) mass is 288 g/mol. The van der Waals surface area contributed by atoms with E-state index in [2.05, 4.69) is 23.6 Å². The highest BCUT2D eigenvalue weighted by Crippen LogP contribution is 2.19. The van der Waals surface area contributed by atoms with Crippen molar-refractivity contribution in [3.63, 3.8) is 0 Å². The van der Waals surface area contributed by atoms with Crippen LogP contribution in [0.15, 0.2) is 34.7 Å². The van der Waals surface area contributed by atoms with Gasteiger partial charge >= 0.3 is 0 Å². The molecule has 0 amide bonds. The van der Waals surface area contributed by atoms with Crippen LogP contribution in [0, 0.1) is 0 Å². The van der Waals surface area contributed by atoms with Crippen molar-refractivity contribution < 1.29 is 9.21 Å². The molecule has 2 rings (SSSR count). The minimum atomic E-state index is 0.0404. The van der Waals surface area contributed by atoms with Crippen LogP contribution in [0.25, 0.3) is 11.0 Å². The van der Waals surface area contributed by atoms with E-state index in [-0.39, 0.29) is 5.78 Å². The fraction of sp³-hybridized carbons (Fsp3) is 0.471. The molecule has 0 saturated heterocycles. The van der Waals surface area contributed by atoms with Crippen molar-refractivity contribution in [1.29, 1.82) is 0 Å². The quantitative estimate of drug-likeness (QED) is 0.734. The lowest BCUT2D eigenvalue weighted by Gasteiger charge is -2.28. The van der Waals surface area contributed by atoms with Gasteiger partial charge in [0.2, 0.25) is 5.78 Å². The van der Waals surface area contributed by atoms with E-state index in [0.717, 1.165) is 24.1 Å². The van der Waals surface area contributed by atoms with Crippen molar-refractivity contribution in [2.45, 2.75) is 19.9 Å². The smallest absolute Gasteiger partial charge is 0.211 e. The highest BCUT2D eigenvalue weighted by Gasteiger charge is 2.19. The summed E-state index contributed by atoms with van der Waals surface area (Å²) in [6.07, 6.45) is 0. The highest BCUT2D eigenvalue weighted by atomic mass is 16.3. The van der Waals surface area contributed by atoms with Gasteiger partial charge in [0.15, 0.2) is 5.76 Å². The minimum Gasteiger partial charge on any atom is -0.453 e. The summed E-state index contributed by atoms with van der Waals surface area (Å²) >= 11 is 0. The van der Waals surface area contributed by atoms with Crippen LogP contribution in [0.5, 0.6) is 0 Å². The second kappa shape index (κ2) is 6.87. The molecule has 114 valence electrons. The van der Waals surface area contributed by atoms with Gasteiger partial charge in [0.1, 0.15) is 5.58 Å². The van der Waals surface area contributed by atoms with Gasteiger partial charge in [0, 0.05) is 18.0 Å². The molecule has 0 aliphatic rings. The SMILES string of the molecule is CCN(CC(=O)c1cc2ccccc2o1)C(C)CN(C)C. The molecule has 1 aromatic carbocycles. The molecule has 1 aromatic heterocycles. The molecule has 0 bridgehead atoms. The molecule has 1 heterocycles. The van der Waals surface area contributed by atoms with E-state index in [1.165, 1.54) is 0 Å². The molecule has 21 heavy (non-hydrogen) atoms. The summed E-state index contributed by atoms with van der Waals surface area (Å²) in [5.41, 5.74) is 0.769. The predicted octanol–water partition coefficient (Wildman–Crippen LogP) is 2.89. The highest BCUT2D eigenvalue weighted by molar-refractivity contribution is 5.98. The van der Waals surface area contributed by atoms with E-state index in [4.69, 9.17) is 4.42 Å². The third kappa shape index (κ3) is 3.93. The summed E-state index contributed by atoms with van der Waals surface area (Å²) in [6.45, 7) is 6.40. The Hall–Kier alpha value is -1.65. The number of hydrogen-bond acceptors (Lipinski definition) is 4. The van der Waals surface area contributed by atoms with Gasteiger partial charge in [0.25, 0.3) is 0 Å². The number of furan rings is 1. The Morgan fingerprint density at radius 2 is 2.00 bits per heavy atom. The van der Waals surface area contributed by atoms with E-state index in [1.807, 2.05) is 44.4 Å². The van der Waals surface area contributed by atoms with E-state index in [9.17, 15) is 4.79 Å². The maximum atomic E-state index is 12.4. The van der Waals surface area contributed by atoms with Gasteiger partial charge in [-0.15, -0.1) is 0 Å². The van der Waals surface area contributed by atoms with Gasteiger partial charge in [0.05, 0.1) is 6.54 Å². The van der Waals surface area contributed by atoms with Crippen molar-refractivity contribution in [2.75, 3.05) is 33.7 Å². The molecular weight excluding hydrogens is 264 g/mol. The first-order chi connectivity index (χ1) is 10.0. The summed E-state index contributed by atoms with van der Waals surface area (Å²) in [5, 5.41) is 0.977. The van der Waals surface area contributed by atoms with Crippen LogP contribution in [0.3, 0.4) is 0 Å². The second-order valence-electron chi connectivity index (χ2n) is 5.75. The first kappa shape index (κ1) is 15.7. The van der Waals surface area contributed by atoms with E-state index < -0.39 is 0 Å². The van der Waals surface area contributed by atoms with Crippen LogP contribution < -0.4 is 0 Å². The number of rotatable bonds is 7. The maximum Gasteiger partial charge on any atom is 0.211 e. The maximum absolute atomic E-state index is 12.4. The van der Waals surface area contributed by atoms with Gasteiger partial charge in [-0.2, -0.15) is 0 Å². The van der Waals surface area contributed by atoms with Crippen molar-refractivity contribution >= 4 is 16.8 Å². The molecule has 4 nitrogen and oxygen atoms in total. The molecule has 1 unspecified atom stereocenters. The number of benzene rings is 1. The van der Waals surface area contributed by atoms with E-state index >= 15 is 0 Å². The van der Waals surface area contributed by atoms with Crippen LogP contribution in [-0.2, 0) is 0 Å². The normalized spacial score (nSPS) is 13.2. The number of Topliss-reactive ketones (excluding diaryl/α,β-unsaturated/α-hetero) is 1. The van der Waals surface area contributed by atoms with E-state index in [1.54, 1.807) is 0 Å². The Labute approximate surface area is 126 Å². The van der Waals surface area contributed by atoms with Crippen molar-refractivity contribution in [2.24, 2.45) is 0 Å². The first-order valence-corrected chi connectivity index (χ1v) is 7.41. The number of fused-ring (bicyclic) bond motifs is 1. The molecule has 0 fully saturated rings. The number of carbonyl (C=O) groups is 1. The Bertz CT molecular complexity index is 571. The van der Waals surface area contributed by atoms with Gasteiger partial charge < -0.3 is 9.32 Å². The summed E-state index contributed by atoms with van der Waals surface area (Å²) in [4.78, 5) is 16.7. The summed E-state index contributed by atoms with van der Waals surface area (Å²) < 4.78 is 5.65. The minimum absolute atomic E-state index is 0.0404. The summed E-state index contributed by atoms with van der Waals surface area (Å²) in [7, 11) is 4.09. The molecule has 0 aliphatic carbocycles. The largest absolute Gasteiger partial charge is 0.453 e. The van der Waals surface area contributed by atoms with Crippen molar-refractivity contribution in [3.8, 4) is 0 Å². The molecule has 0 spiro atoms. The lowest BCUT2D eigenvalue weighted by Crippen LogP contribution is -2.42. The second-order valence-corrected chi connectivity index (χ2v) is 5.75. The summed E-state index contributed by atoms with van der Waals surface area (Å²) in [5.74, 6) is 0.491. The van der Waals surface area contributed by atoms with Gasteiger partial charge in [-0.25, -0.2) is 0 Å². The van der Waals surface area contributed by atoms with Crippen molar-refractivity contribution in [1.82, 2.24) is 9.80 Å². The molecule has 0 aliphatic heterocycles. The third-order valence-corrected chi connectivity index (χ3v) is 3.71. The molecule has 2 aromatic rings. The number of nitrogens with zero attached hydrogens (tertiary/aromatic N) is 2. The zero-order valence-corrected chi connectivity index (χ0v) is 13.3. The third-order valence-electron chi connectivity index (χ3n) is 3.71. The Morgan fingerprint density at radius 1 is 1.29 bits per heavy atom. The molecule has 0 N–H and O–H groups in total. The van der Waals surface area contributed by atoms with Gasteiger partial charge in [-0.1, -0.05) is 25.1 Å². The molecule has 4 heteroatoms. The lowest BCUT2D eigenvalue weighted by atomic mass is 10.2. The number of ketones is 1. The Morgan fingerprint density at radius 3 is 2.62 bits per heavy atom. The predicted molar refractivity (Wildman–Crippen MR) is 85.8 cm³/mol. The fourth-order valence-electron chi connectivity index (χ4n) is 2.60. The Kier molecular flexibility index (Phi) is 5.15. The molecule has 1 atom stereocenters. The number of para-hydroxylation sites is 1. The molecule has 0 saturated carbocycles. The Balaban J connectivity index is 2.08. The van der Waals surface area contributed by atoms with Gasteiger partial charge in [-0.05, 0) is 39.7 Å². The van der Waals surface area contributed by atoms with Crippen LogP contribution in [-0.4, -0.2) is 55.4 Å². The van der Waals surface area contributed by atoms with Crippen LogP contribution >= 0.6 is 0 Å². The zero-order valence-electron chi connectivity index (χ0n) is 13.3. The number of carbonyl (C=O) groups excluding carboxylic acids is 1. The number of hydrogen-bond donors (Lipinski definition) is 0. The van der Waals surface area contributed by atoms with Crippen LogP contribution in [0.1, 0.15) is 24.4 Å². The van der Waals surface area contributed by atoms with Crippen LogP contribution in [0.2, 0.25) is 0 Å². The van der Waals surface area contributed by atoms with Crippen molar-refractivity contribution in [3.05, 3.63) is 36.1 Å². The lowest BCUT2D eigenvalue weighted by molar-refractivity contribution is 0.0863. The first-order valence-electron chi connectivity index (χ1n) is 7.41. The fourth-order valence-corrected chi connectivity index (χ4v) is 2.60. The van der Waals surface area contributed by atoms with Gasteiger partial charge in [-0.3, -0.25) is 9.69 Å². The standard InChI is InChI=1S/C17H24N2O2/c1-5-19(13(2)11-18(3)4)12-15(20)17-10-14-8-6-7-9-16(14)21-17/h6-10,13H,5,11-12H2,1-4H3. The average molecular weight is 288 g/mol. The van der Waals surface area contributed by atoms with Crippen LogP contribution in [0.4, 0.5) is 0 Å². The topological polar surface area (TPSA) is 36.7 Å². The molecule has 0 radical (unpaired) electrons. The zero-order chi connectivity index (χ0) is 15.4.